The smallest absolute Gasteiger partial charge is 0.341 e. The van der Waals surface area contributed by atoms with E-state index in [0.29, 0.717) is 16.3 Å². The van der Waals surface area contributed by atoms with Gasteiger partial charge in [0.2, 0.25) is 0 Å². The van der Waals surface area contributed by atoms with Gasteiger partial charge in [0.25, 0.3) is 0 Å². The Hall–Kier alpha value is -0.930. The van der Waals surface area contributed by atoms with Crippen molar-refractivity contribution in [1.29, 1.82) is 0 Å². The van der Waals surface area contributed by atoms with Crippen LogP contribution in [0, 0.1) is 0 Å². The van der Waals surface area contributed by atoms with Gasteiger partial charge < -0.3 is 9.84 Å². The third kappa shape index (κ3) is 3.09. The monoisotopic (exact) mass is 234 g/mol. The lowest BCUT2D eigenvalue weighted by Crippen LogP contribution is -2.10. The number of halogens is 2. The van der Waals surface area contributed by atoms with Gasteiger partial charge in [-0.2, -0.15) is 0 Å². The molecule has 0 fully saturated rings. The van der Waals surface area contributed by atoms with Crippen LogP contribution < -0.4 is 4.74 Å². The van der Waals surface area contributed by atoms with E-state index in [1.54, 1.807) is 18.2 Å². The van der Waals surface area contributed by atoms with E-state index in [0.717, 1.165) is 0 Å². The largest absolute Gasteiger partial charge is 0.482 e. The molecule has 0 aliphatic carbocycles. The molecule has 0 aliphatic heterocycles. The maximum Gasteiger partial charge on any atom is 0.341 e. The van der Waals surface area contributed by atoms with Gasteiger partial charge in [-0.15, -0.1) is 11.6 Å². The Balaban J connectivity index is 2.80. The van der Waals surface area contributed by atoms with E-state index in [9.17, 15) is 4.79 Å². The van der Waals surface area contributed by atoms with Gasteiger partial charge in [-0.3, -0.25) is 0 Å². The summed E-state index contributed by atoms with van der Waals surface area (Å²) in [6.07, 6.45) is 0. The maximum atomic E-state index is 10.3. The standard InChI is InChI=1S/C9H8Cl2O3/c10-4-6-3-7(11)1-2-8(6)14-5-9(12)13/h1-3H,4-5H2,(H,12,13). The summed E-state index contributed by atoms with van der Waals surface area (Å²) in [5.74, 6) is -0.345. The van der Waals surface area contributed by atoms with E-state index < -0.39 is 5.97 Å². The number of carboxylic acid groups (broad SMARTS) is 1. The molecule has 0 spiro atoms. The van der Waals surface area contributed by atoms with Gasteiger partial charge in [-0.05, 0) is 18.2 Å². The highest BCUT2D eigenvalue weighted by atomic mass is 35.5. The van der Waals surface area contributed by atoms with E-state index in [1.165, 1.54) is 0 Å². The number of aliphatic carboxylic acids is 1. The van der Waals surface area contributed by atoms with Crippen LogP contribution in [-0.2, 0) is 10.7 Å². The van der Waals surface area contributed by atoms with Gasteiger partial charge in [-0.1, -0.05) is 11.6 Å². The molecule has 0 atom stereocenters. The van der Waals surface area contributed by atoms with Crippen molar-refractivity contribution in [3.05, 3.63) is 28.8 Å². The molecule has 0 aliphatic rings. The van der Waals surface area contributed by atoms with Gasteiger partial charge in [0.05, 0.1) is 5.88 Å². The van der Waals surface area contributed by atoms with Gasteiger partial charge in [0.15, 0.2) is 6.61 Å². The van der Waals surface area contributed by atoms with Crippen molar-refractivity contribution < 1.29 is 14.6 Å². The van der Waals surface area contributed by atoms with E-state index >= 15 is 0 Å². The molecule has 0 heterocycles. The Morgan fingerprint density at radius 2 is 2.21 bits per heavy atom. The molecule has 3 nitrogen and oxygen atoms in total. The summed E-state index contributed by atoms with van der Waals surface area (Å²) in [5, 5.41) is 8.95. The molecule has 76 valence electrons. The normalized spacial score (nSPS) is 9.86. The van der Waals surface area contributed by atoms with Crippen molar-refractivity contribution >= 4 is 29.2 Å². The first kappa shape index (κ1) is 11.1. The Morgan fingerprint density at radius 3 is 2.79 bits per heavy atom. The first-order chi connectivity index (χ1) is 6.63. The predicted molar refractivity (Wildman–Crippen MR) is 54.1 cm³/mol. The molecule has 14 heavy (non-hydrogen) atoms. The Morgan fingerprint density at radius 1 is 1.50 bits per heavy atom. The number of hydrogen-bond donors (Lipinski definition) is 1. The van der Waals surface area contributed by atoms with E-state index in [-0.39, 0.29) is 12.5 Å². The van der Waals surface area contributed by atoms with Crippen LogP contribution >= 0.6 is 23.2 Å². The van der Waals surface area contributed by atoms with Crippen LogP contribution in [-0.4, -0.2) is 17.7 Å². The zero-order valence-electron chi connectivity index (χ0n) is 7.17. The number of carbonyl (C=O) groups is 1. The Kier molecular flexibility index (Phi) is 4.04. The lowest BCUT2D eigenvalue weighted by molar-refractivity contribution is -0.139. The van der Waals surface area contributed by atoms with Crippen LogP contribution in [0.15, 0.2) is 18.2 Å². The zero-order valence-corrected chi connectivity index (χ0v) is 8.68. The number of hydrogen-bond acceptors (Lipinski definition) is 2. The molecular formula is C9H8Cl2O3. The molecule has 1 aromatic rings. The summed E-state index contributed by atoms with van der Waals surface area (Å²) in [7, 11) is 0. The van der Waals surface area contributed by atoms with Gasteiger partial charge in [0.1, 0.15) is 5.75 Å². The molecular weight excluding hydrogens is 227 g/mol. The molecule has 0 saturated heterocycles. The van der Waals surface area contributed by atoms with Gasteiger partial charge >= 0.3 is 5.97 Å². The first-order valence-corrected chi connectivity index (χ1v) is 4.73. The zero-order chi connectivity index (χ0) is 10.6. The van der Waals surface area contributed by atoms with Crippen LogP contribution in [0.1, 0.15) is 5.56 Å². The number of benzene rings is 1. The van der Waals surface area contributed by atoms with Crippen LogP contribution in [0.5, 0.6) is 5.75 Å². The molecule has 1 aromatic carbocycles. The minimum absolute atomic E-state index is 0.232. The predicted octanol–water partition coefficient (Wildman–Crippen LogP) is 2.54. The third-order valence-electron chi connectivity index (χ3n) is 1.52. The van der Waals surface area contributed by atoms with Crippen molar-refractivity contribution in [3.63, 3.8) is 0 Å². The topological polar surface area (TPSA) is 46.5 Å². The SMILES string of the molecule is O=C(O)COc1ccc(Cl)cc1CCl. The summed E-state index contributed by atoms with van der Waals surface area (Å²) >= 11 is 11.4. The average molecular weight is 235 g/mol. The van der Waals surface area contributed by atoms with Crippen LogP contribution in [0.25, 0.3) is 0 Å². The van der Waals surface area contributed by atoms with Crippen molar-refractivity contribution in [2.24, 2.45) is 0 Å². The fourth-order valence-electron chi connectivity index (χ4n) is 0.933. The fraction of sp³-hybridized carbons (Fsp3) is 0.222. The van der Waals surface area contributed by atoms with E-state index in [1.807, 2.05) is 0 Å². The Labute approximate surface area is 91.2 Å². The number of ether oxygens (including phenoxy) is 1. The molecule has 0 aromatic heterocycles. The summed E-state index contributed by atoms with van der Waals surface area (Å²) in [6, 6.07) is 4.86. The molecule has 0 amide bonds. The second kappa shape index (κ2) is 5.08. The van der Waals surface area contributed by atoms with Crippen LogP contribution in [0.4, 0.5) is 0 Å². The molecule has 0 saturated carbocycles. The second-order valence-corrected chi connectivity index (χ2v) is 3.27. The van der Waals surface area contributed by atoms with Crippen molar-refractivity contribution in [2.75, 3.05) is 6.61 Å². The number of alkyl halides is 1. The molecule has 1 rings (SSSR count). The number of rotatable bonds is 4. The molecule has 5 heteroatoms. The summed E-state index contributed by atoms with van der Waals surface area (Å²) in [5.41, 5.74) is 0.681. The van der Waals surface area contributed by atoms with E-state index in [4.69, 9.17) is 33.0 Å². The number of carboxylic acids is 1. The minimum atomic E-state index is -1.03. The van der Waals surface area contributed by atoms with Crippen LogP contribution in [0.2, 0.25) is 5.02 Å². The lowest BCUT2D eigenvalue weighted by Gasteiger charge is -2.07. The minimum Gasteiger partial charge on any atom is -0.482 e. The third-order valence-corrected chi connectivity index (χ3v) is 2.04. The maximum absolute atomic E-state index is 10.3. The summed E-state index contributed by atoms with van der Waals surface area (Å²) < 4.78 is 5.00. The molecule has 0 unspecified atom stereocenters. The van der Waals surface area contributed by atoms with Crippen molar-refractivity contribution in [3.8, 4) is 5.75 Å². The molecule has 1 N–H and O–H groups in total. The molecule has 0 bridgehead atoms. The second-order valence-electron chi connectivity index (χ2n) is 2.57. The quantitative estimate of drug-likeness (QED) is 0.815. The lowest BCUT2D eigenvalue weighted by atomic mass is 10.2. The average Bonchev–Trinajstić information content (AvgIpc) is 2.15. The van der Waals surface area contributed by atoms with Crippen LogP contribution in [0.3, 0.4) is 0 Å². The Bertz CT molecular complexity index is 339. The fourth-order valence-corrected chi connectivity index (χ4v) is 1.34. The van der Waals surface area contributed by atoms with Gasteiger partial charge in [-0.25, -0.2) is 4.79 Å². The first-order valence-electron chi connectivity index (χ1n) is 3.82. The van der Waals surface area contributed by atoms with Crippen molar-refractivity contribution in [1.82, 2.24) is 0 Å². The highest BCUT2D eigenvalue weighted by molar-refractivity contribution is 6.30. The molecule has 0 radical (unpaired) electrons. The highest BCUT2D eigenvalue weighted by Gasteiger charge is 2.05. The summed E-state index contributed by atoms with van der Waals surface area (Å²) in [6.45, 7) is -0.383. The van der Waals surface area contributed by atoms with E-state index in [2.05, 4.69) is 0 Å². The van der Waals surface area contributed by atoms with Crippen molar-refractivity contribution in [2.45, 2.75) is 5.88 Å². The summed E-state index contributed by atoms with van der Waals surface area (Å²) in [4.78, 5) is 10.3. The van der Waals surface area contributed by atoms with Gasteiger partial charge in [0, 0.05) is 10.6 Å². The highest BCUT2D eigenvalue weighted by Crippen LogP contribution is 2.24.